The molecule has 1 aliphatic carbocycles. The van der Waals surface area contributed by atoms with Crippen LogP contribution in [0.4, 0.5) is 11.4 Å². The number of benzene rings is 3. The monoisotopic (exact) mass is 497 g/mol. The topological polar surface area (TPSA) is 117 Å². The molecule has 0 spiro atoms. The molecule has 4 rings (SSSR count). The van der Waals surface area contributed by atoms with Crippen molar-refractivity contribution in [1.29, 1.82) is 0 Å². The molecule has 0 bridgehead atoms. The molecule has 0 saturated carbocycles. The smallest absolute Gasteiger partial charge is 0.295 e. The summed E-state index contributed by atoms with van der Waals surface area (Å²) in [5.41, 5.74) is 1.64. The largest absolute Gasteiger partial charge is 0.505 e. The lowest BCUT2D eigenvalue weighted by Gasteiger charge is -2.20. The Bertz CT molecular complexity index is 1400. The Hall–Kier alpha value is -3.69. The number of azo groups is 1. The lowest BCUT2D eigenvalue weighted by Crippen LogP contribution is -2.15. The predicted octanol–water partition coefficient (Wildman–Crippen LogP) is 5.43. The van der Waals surface area contributed by atoms with E-state index in [1.165, 1.54) is 37.4 Å². The second kappa shape index (κ2) is 9.66. The molecule has 1 aliphatic rings. The van der Waals surface area contributed by atoms with Crippen molar-refractivity contribution in [2.24, 2.45) is 10.2 Å². The van der Waals surface area contributed by atoms with Crippen molar-refractivity contribution in [3.05, 3.63) is 88.5 Å². The summed E-state index contributed by atoms with van der Waals surface area (Å²) >= 11 is 5.84. The third-order valence-electron chi connectivity index (χ3n) is 5.26. The molecule has 174 valence electrons. The predicted molar refractivity (Wildman–Crippen MR) is 129 cm³/mol. The zero-order valence-electron chi connectivity index (χ0n) is 18.0. The summed E-state index contributed by atoms with van der Waals surface area (Å²) in [6.07, 6.45) is 4.55. The van der Waals surface area contributed by atoms with Gasteiger partial charge in [-0.1, -0.05) is 23.8 Å². The van der Waals surface area contributed by atoms with Crippen molar-refractivity contribution in [3.63, 3.8) is 0 Å². The number of methoxy groups -OCH3 is 1. The highest BCUT2D eigenvalue weighted by Crippen LogP contribution is 2.41. The average Bonchev–Trinajstić information content (AvgIpc) is 2.85. The summed E-state index contributed by atoms with van der Waals surface area (Å²) in [7, 11) is -2.45. The van der Waals surface area contributed by atoms with Gasteiger partial charge >= 0.3 is 0 Å². The Labute approximate surface area is 201 Å². The third kappa shape index (κ3) is 4.95. The summed E-state index contributed by atoms with van der Waals surface area (Å²) in [6, 6.07) is 13.5. The first-order valence-electron chi connectivity index (χ1n) is 10.2. The van der Waals surface area contributed by atoms with Gasteiger partial charge in [0.15, 0.2) is 0 Å². The molecule has 0 unspecified atom stereocenters. The number of hydrogen-bond donors (Lipinski definition) is 2. The Balaban J connectivity index is 1.69. The Morgan fingerprint density at radius 3 is 2.32 bits per heavy atom. The van der Waals surface area contributed by atoms with Gasteiger partial charge in [0.2, 0.25) is 0 Å². The Kier molecular flexibility index (Phi) is 6.67. The van der Waals surface area contributed by atoms with E-state index >= 15 is 0 Å². The normalized spacial score (nSPS) is 13.0. The van der Waals surface area contributed by atoms with E-state index in [1.807, 2.05) is 12.2 Å². The van der Waals surface area contributed by atoms with Crippen LogP contribution in [-0.2, 0) is 22.9 Å². The molecular formula is C24H20ClN3O5S. The number of carbonyl (C=O) groups is 1. The van der Waals surface area contributed by atoms with Crippen molar-refractivity contribution in [1.82, 2.24) is 0 Å². The highest BCUT2D eigenvalue weighted by atomic mass is 35.5. The minimum Gasteiger partial charge on any atom is -0.505 e. The van der Waals surface area contributed by atoms with E-state index in [1.54, 1.807) is 24.3 Å². The van der Waals surface area contributed by atoms with Crippen LogP contribution in [0.25, 0.3) is 0 Å². The molecule has 0 aliphatic heterocycles. The van der Waals surface area contributed by atoms with Gasteiger partial charge in [-0.05, 0) is 73.0 Å². The van der Waals surface area contributed by atoms with Crippen LogP contribution in [-0.4, -0.2) is 26.5 Å². The van der Waals surface area contributed by atoms with E-state index in [4.69, 9.17) is 16.3 Å². The Morgan fingerprint density at radius 1 is 1.03 bits per heavy atom. The first-order chi connectivity index (χ1) is 16.3. The van der Waals surface area contributed by atoms with Gasteiger partial charge in [0.25, 0.3) is 15.9 Å². The zero-order chi connectivity index (χ0) is 24.3. The number of aromatic hydroxyl groups is 1. The van der Waals surface area contributed by atoms with Crippen LogP contribution in [0.15, 0.2) is 81.9 Å². The molecule has 3 aromatic rings. The SMILES string of the molecule is COc1ccc(S(=O)(=O)Nc2cc(N=NC(=O)c3ccc(Cl)cc3)c(O)c3c2CC=CC3)cc1. The van der Waals surface area contributed by atoms with E-state index in [2.05, 4.69) is 15.0 Å². The molecule has 0 fully saturated rings. The first kappa shape index (κ1) is 23.5. The van der Waals surface area contributed by atoms with Gasteiger partial charge in [-0.15, -0.1) is 10.2 Å². The minimum atomic E-state index is -3.94. The number of anilines is 1. The quantitative estimate of drug-likeness (QED) is 0.267. The van der Waals surface area contributed by atoms with Crippen LogP contribution in [0.2, 0.25) is 5.02 Å². The highest BCUT2D eigenvalue weighted by molar-refractivity contribution is 7.92. The molecule has 0 heterocycles. The van der Waals surface area contributed by atoms with Gasteiger partial charge in [0.05, 0.1) is 17.7 Å². The fourth-order valence-electron chi connectivity index (χ4n) is 3.48. The fraction of sp³-hybridized carbons (Fsp3) is 0.125. The highest BCUT2D eigenvalue weighted by Gasteiger charge is 2.23. The number of halogens is 1. The van der Waals surface area contributed by atoms with Crippen molar-refractivity contribution < 1.29 is 23.1 Å². The molecular weight excluding hydrogens is 478 g/mol. The lowest BCUT2D eigenvalue weighted by molar-refractivity contribution is 0.0995. The van der Waals surface area contributed by atoms with E-state index in [0.29, 0.717) is 34.7 Å². The third-order valence-corrected chi connectivity index (χ3v) is 6.90. The molecule has 0 saturated heterocycles. The molecule has 8 nitrogen and oxygen atoms in total. The second-order valence-electron chi connectivity index (χ2n) is 7.42. The van der Waals surface area contributed by atoms with Crippen molar-refractivity contribution in [2.45, 2.75) is 17.7 Å². The van der Waals surface area contributed by atoms with E-state index in [0.717, 1.165) is 0 Å². The maximum atomic E-state index is 13.0. The van der Waals surface area contributed by atoms with Crippen LogP contribution in [0.5, 0.6) is 11.5 Å². The van der Waals surface area contributed by atoms with Gasteiger partial charge in [0, 0.05) is 16.1 Å². The Morgan fingerprint density at radius 2 is 1.68 bits per heavy atom. The summed E-state index contributed by atoms with van der Waals surface area (Å²) in [5.74, 6) is -0.257. The maximum Gasteiger partial charge on any atom is 0.295 e. The molecule has 34 heavy (non-hydrogen) atoms. The van der Waals surface area contributed by atoms with E-state index in [9.17, 15) is 18.3 Å². The number of hydrogen-bond acceptors (Lipinski definition) is 6. The molecule has 1 amide bonds. The number of phenols is 1. The summed E-state index contributed by atoms with van der Waals surface area (Å²) < 4.78 is 33.7. The molecule has 0 radical (unpaired) electrons. The first-order valence-corrected chi connectivity index (χ1v) is 12.1. The standard InChI is InChI=1S/C24H20ClN3O5S/c1-33-17-10-12-18(13-11-17)34(31,32)28-21-14-22(23(29)20-5-3-2-4-19(20)21)26-27-24(30)15-6-8-16(25)9-7-15/h2-3,6-14,28-29H,4-5H2,1H3. The second-order valence-corrected chi connectivity index (χ2v) is 9.54. The van der Waals surface area contributed by atoms with Gasteiger partial charge in [-0.25, -0.2) is 8.42 Å². The van der Waals surface area contributed by atoms with Gasteiger partial charge in [0.1, 0.15) is 17.2 Å². The number of amides is 1. The number of carbonyl (C=O) groups excluding carboxylic acids is 1. The van der Waals surface area contributed by atoms with Crippen LogP contribution in [0.3, 0.4) is 0 Å². The molecule has 0 atom stereocenters. The summed E-state index contributed by atoms with van der Waals surface area (Å²) in [4.78, 5) is 12.4. The zero-order valence-corrected chi connectivity index (χ0v) is 19.6. The number of ether oxygens (including phenoxy) is 1. The molecule has 2 N–H and O–H groups in total. The maximum absolute atomic E-state index is 13.0. The van der Waals surface area contributed by atoms with Gasteiger partial charge < -0.3 is 9.84 Å². The molecule has 0 aromatic heterocycles. The minimum absolute atomic E-state index is 0.0243. The number of allylic oxidation sites excluding steroid dienone is 2. The molecule has 10 heteroatoms. The lowest BCUT2D eigenvalue weighted by atomic mass is 9.93. The van der Waals surface area contributed by atoms with E-state index in [-0.39, 0.29) is 27.6 Å². The number of fused-ring (bicyclic) bond motifs is 1. The fourth-order valence-corrected chi connectivity index (χ4v) is 4.69. The molecule has 3 aromatic carbocycles. The van der Waals surface area contributed by atoms with Gasteiger partial charge in [-0.3, -0.25) is 9.52 Å². The van der Waals surface area contributed by atoms with Crippen molar-refractivity contribution >= 4 is 38.9 Å². The number of rotatable bonds is 6. The van der Waals surface area contributed by atoms with Crippen LogP contribution in [0.1, 0.15) is 21.5 Å². The number of sulfonamides is 1. The van der Waals surface area contributed by atoms with Crippen LogP contribution < -0.4 is 9.46 Å². The van der Waals surface area contributed by atoms with Gasteiger partial charge in [-0.2, -0.15) is 0 Å². The number of nitrogens with zero attached hydrogens (tertiary/aromatic N) is 2. The van der Waals surface area contributed by atoms with Crippen LogP contribution in [0, 0.1) is 0 Å². The van der Waals surface area contributed by atoms with Crippen molar-refractivity contribution in [3.8, 4) is 11.5 Å². The van der Waals surface area contributed by atoms with Crippen molar-refractivity contribution in [2.75, 3.05) is 11.8 Å². The summed E-state index contributed by atoms with van der Waals surface area (Å²) in [5, 5.41) is 18.8. The number of phenolic OH excluding ortho intramolecular Hbond substituents is 1. The number of nitrogens with one attached hydrogen (secondary N) is 1. The summed E-state index contributed by atoms with van der Waals surface area (Å²) in [6.45, 7) is 0. The van der Waals surface area contributed by atoms with E-state index < -0.39 is 15.9 Å². The average molecular weight is 498 g/mol. The van der Waals surface area contributed by atoms with Crippen LogP contribution >= 0.6 is 11.6 Å².